The number of carboxylic acids is 2. The lowest BCUT2D eigenvalue weighted by Crippen LogP contribution is -2.41. The first-order valence-corrected chi connectivity index (χ1v) is 12.7. The molecule has 0 saturated carbocycles. The van der Waals surface area contributed by atoms with E-state index in [-0.39, 0.29) is 43.0 Å². The highest BCUT2D eigenvalue weighted by Gasteiger charge is 2.26. The van der Waals surface area contributed by atoms with E-state index in [0.717, 1.165) is 11.1 Å². The molecule has 0 aliphatic carbocycles. The van der Waals surface area contributed by atoms with Gasteiger partial charge in [0.15, 0.2) is 0 Å². The lowest BCUT2D eigenvalue weighted by atomic mass is 9.85. The number of benzene rings is 2. The van der Waals surface area contributed by atoms with Crippen molar-refractivity contribution in [2.75, 3.05) is 6.54 Å². The van der Waals surface area contributed by atoms with Crippen LogP contribution < -0.4 is 10.0 Å². The number of hydrogen-bond donors (Lipinski definition) is 4. The zero-order valence-corrected chi connectivity index (χ0v) is 21.0. The van der Waals surface area contributed by atoms with Crippen molar-refractivity contribution >= 4 is 39.5 Å². The molecule has 1 amide bonds. The number of amides is 1. The molecule has 0 bridgehead atoms. The highest BCUT2D eigenvalue weighted by molar-refractivity contribution is 7.89. The van der Waals surface area contributed by atoms with Crippen LogP contribution in [0.4, 0.5) is 0 Å². The molecule has 1 atom stereocenters. The van der Waals surface area contributed by atoms with Gasteiger partial charge in [0.05, 0.1) is 11.3 Å². The largest absolute Gasteiger partial charge is 0.481 e. The molecule has 0 heterocycles. The van der Waals surface area contributed by atoms with Gasteiger partial charge in [-0.2, -0.15) is 4.72 Å². The van der Waals surface area contributed by atoms with Gasteiger partial charge in [-0.25, -0.2) is 8.42 Å². The van der Waals surface area contributed by atoms with Gasteiger partial charge in [-0.1, -0.05) is 49.7 Å². The van der Waals surface area contributed by atoms with E-state index >= 15 is 0 Å². The van der Waals surface area contributed by atoms with Crippen LogP contribution in [-0.2, 0) is 24.4 Å². The first-order chi connectivity index (χ1) is 16.3. The van der Waals surface area contributed by atoms with Gasteiger partial charge < -0.3 is 15.5 Å². The van der Waals surface area contributed by atoms with E-state index in [1.54, 1.807) is 50.2 Å². The molecule has 35 heavy (non-hydrogen) atoms. The first kappa shape index (κ1) is 28.3. The monoisotopic (exact) mass is 524 g/mol. The molecule has 0 aliphatic heterocycles. The van der Waals surface area contributed by atoms with Gasteiger partial charge in [-0.3, -0.25) is 14.4 Å². The maximum atomic E-state index is 12.7. The maximum Gasteiger partial charge on any atom is 0.321 e. The Labute approximate surface area is 209 Å². The van der Waals surface area contributed by atoms with Crippen molar-refractivity contribution in [2.45, 2.75) is 50.5 Å². The molecule has 0 spiro atoms. The van der Waals surface area contributed by atoms with Crippen LogP contribution in [0.1, 0.15) is 39.5 Å². The summed E-state index contributed by atoms with van der Waals surface area (Å²) in [4.78, 5) is 34.4. The molecule has 2 aromatic carbocycles. The summed E-state index contributed by atoms with van der Waals surface area (Å²) in [6, 6.07) is 11.7. The minimum absolute atomic E-state index is 0.000302. The minimum atomic E-state index is -4.09. The van der Waals surface area contributed by atoms with Crippen molar-refractivity contribution in [1.29, 1.82) is 0 Å². The normalized spacial score (nSPS) is 12.7. The second-order valence-corrected chi connectivity index (χ2v) is 11.1. The van der Waals surface area contributed by atoms with E-state index in [1.807, 2.05) is 0 Å². The Hall–Kier alpha value is -2.95. The Morgan fingerprint density at radius 1 is 0.943 bits per heavy atom. The fourth-order valence-corrected chi connectivity index (χ4v) is 4.81. The minimum Gasteiger partial charge on any atom is -0.481 e. The zero-order chi connectivity index (χ0) is 26.2. The fourth-order valence-electron chi connectivity index (χ4n) is 3.46. The van der Waals surface area contributed by atoms with Gasteiger partial charge >= 0.3 is 11.9 Å². The Morgan fingerprint density at radius 2 is 1.49 bits per heavy atom. The summed E-state index contributed by atoms with van der Waals surface area (Å²) in [5.41, 5.74) is 0.902. The molecule has 0 radical (unpaired) electrons. The van der Waals surface area contributed by atoms with Gasteiger partial charge in [-0.05, 0) is 53.6 Å². The number of rotatable bonds is 13. The summed E-state index contributed by atoms with van der Waals surface area (Å²) in [5, 5.41) is 21.6. The average Bonchev–Trinajstić information content (AvgIpc) is 2.75. The molecule has 0 saturated heterocycles. The number of hydrogen-bond acceptors (Lipinski definition) is 5. The Morgan fingerprint density at radius 3 is 2.00 bits per heavy atom. The van der Waals surface area contributed by atoms with Crippen molar-refractivity contribution in [3.8, 4) is 11.1 Å². The summed E-state index contributed by atoms with van der Waals surface area (Å²) in [5.74, 6) is -2.69. The topological polar surface area (TPSA) is 150 Å². The maximum absolute atomic E-state index is 12.7. The lowest BCUT2D eigenvalue weighted by Gasteiger charge is -2.21. The Kier molecular flexibility index (Phi) is 9.82. The van der Waals surface area contributed by atoms with Gasteiger partial charge in [-0.15, -0.1) is 0 Å². The van der Waals surface area contributed by atoms with Crippen LogP contribution in [-0.4, -0.2) is 49.1 Å². The third-order valence-electron chi connectivity index (χ3n) is 5.20. The van der Waals surface area contributed by atoms with E-state index in [0.29, 0.717) is 5.02 Å². The second-order valence-electron chi connectivity index (χ2n) is 8.95. The van der Waals surface area contributed by atoms with Gasteiger partial charge in [0, 0.05) is 18.0 Å². The molecule has 11 heteroatoms. The van der Waals surface area contributed by atoms with Crippen molar-refractivity contribution < 1.29 is 33.0 Å². The smallest absolute Gasteiger partial charge is 0.321 e. The van der Waals surface area contributed by atoms with Gasteiger partial charge in [0.25, 0.3) is 0 Å². The Balaban J connectivity index is 1.92. The van der Waals surface area contributed by atoms with E-state index in [9.17, 15) is 27.9 Å². The molecule has 2 aromatic rings. The fraction of sp³-hybridized carbons (Fsp3) is 0.375. The summed E-state index contributed by atoms with van der Waals surface area (Å²) < 4.78 is 27.6. The van der Waals surface area contributed by atoms with Crippen LogP contribution in [0.2, 0.25) is 5.02 Å². The van der Waals surface area contributed by atoms with E-state index in [4.69, 9.17) is 16.7 Å². The third-order valence-corrected chi connectivity index (χ3v) is 6.94. The van der Waals surface area contributed by atoms with Crippen molar-refractivity contribution in [2.24, 2.45) is 5.41 Å². The van der Waals surface area contributed by atoms with E-state index < -0.39 is 33.4 Å². The number of carbonyl (C=O) groups excluding carboxylic acids is 1. The standard InChI is InChI=1S/C24H29ClN2O7S/c1-24(2,15-22(29)30)14-21(28)26-13-3-4-20(23(31)32)27-35(33,34)19-11-7-17(8-12-19)16-5-9-18(25)10-6-16/h5-12,20,27H,3-4,13-15H2,1-2H3,(H,26,28)(H,29,30)(H,31,32). The highest BCUT2D eigenvalue weighted by Crippen LogP contribution is 2.25. The lowest BCUT2D eigenvalue weighted by molar-refractivity contribution is -0.140. The number of carbonyl (C=O) groups is 3. The van der Waals surface area contributed by atoms with Crippen LogP contribution >= 0.6 is 11.6 Å². The van der Waals surface area contributed by atoms with Crippen molar-refractivity contribution in [3.63, 3.8) is 0 Å². The molecule has 1 unspecified atom stereocenters. The number of carboxylic acid groups (broad SMARTS) is 2. The van der Waals surface area contributed by atoms with Gasteiger partial charge in [0.1, 0.15) is 6.04 Å². The summed E-state index contributed by atoms with van der Waals surface area (Å²) in [7, 11) is -4.09. The molecule has 2 rings (SSSR count). The van der Waals surface area contributed by atoms with Crippen LogP contribution in [0.3, 0.4) is 0 Å². The van der Waals surface area contributed by atoms with E-state index in [2.05, 4.69) is 10.0 Å². The molecule has 0 aromatic heterocycles. The summed E-state index contributed by atoms with van der Waals surface area (Å²) in [6.45, 7) is 3.46. The number of aliphatic carboxylic acids is 2. The van der Waals surface area contributed by atoms with Crippen LogP contribution in [0.5, 0.6) is 0 Å². The number of sulfonamides is 1. The summed E-state index contributed by atoms with van der Waals surface area (Å²) in [6.07, 6.45) is 0.000577. The summed E-state index contributed by atoms with van der Waals surface area (Å²) >= 11 is 5.89. The predicted octanol–water partition coefficient (Wildman–Crippen LogP) is 3.53. The zero-order valence-electron chi connectivity index (χ0n) is 19.5. The quantitative estimate of drug-likeness (QED) is 0.293. The molecular formula is C24H29ClN2O7S. The van der Waals surface area contributed by atoms with Gasteiger partial charge in [0.2, 0.25) is 15.9 Å². The first-order valence-electron chi connectivity index (χ1n) is 10.9. The van der Waals surface area contributed by atoms with Crippen LogP contribution in [0, 0.1) is 5.41 Å². The molecular weight excluding hydrogens is 496 g/mol. The second kappa shape index (κ2) is 12.1. The SMILES string of the molecule is CC(C)(CC(=O)O)CC(=O)NCCCC(NS(=O)(=O)c1ccc(-c2ccc(Cl)cc2)cc1)C(=O)O. The third kappa shape index (κ3) is 9.31. The molecule has 0 fully saturated rings. The number of halogens is 1. The Bertz CT molecular complexity index is 1150. The van der Waals surface area contributed by atoms with Crippen LogP contribution in [0.25, 0.3) is 11.1 Å². The van der Waals surface area contributed by atoms with E-state index in [1.165, 1.54) is 12.1 Å². The van der Waals surface area contributed by atoms with Crippen LogP contribution in [0.15, 0.2) is 53.4 Å². The van der Waals surface area contributed by atoms with Crippen molar-refractivity contribution in [1.82, 2.24) is 10.0 Å². The highest BCUT2D eigenvalue weighted by atomic mass is 35.5. The molecule has 9 nitrogen and oxygen atoms in total. The average molecular weight is 525 g/mol. The van der Waals surface area contributed by atoms with Crippen molar-refractivity contribution in [3.05, 3.63) is 53.6 Å². The molecule has 0 aliphatic rings. The number of nitrogens with one attached hydrogen (secondary N) is 2. The molecule has 190 valence electrons. The molecule has 4 N–H and O–H groups in total. The predicted molar refractivity (Wildman–Crippen MR) is 132 cm³/mol.